The number of hydrogen-bond donors (Lipinski definition) is 1. The van der Waals surface area contributed by atoms with E-state index in [2.05, 4.69) is 31.1 Å². The molecule has 1 atom stereocenters. The van der Waals surface area contributed by atoms with Gasteiger partial charge in [0, 0.05) is 12.6 Å². The molecule has 2 heteroatoms. The summed E-state index contributed by atoms with van der Waals surface area (Å²) in [5, 5.41) is 3.37. The van der Waals surface area contributed by atoms with Crippen molar-refractivity contribution in [2.24, 2.45) is 5.92 Å². The van der Waals surface area contributed by atoms with Crippen LogP contribution in [0.1, 0.15) is 33.1 Å². The maximum Gasteiger partial charge on any atom is 0.00884 e. The smallest absolute Gasteiger partial charge is 0.00884 e. The van der Waals surface area contributed by atoms with E-state index in [0.717, 1.165) is 12.0 Å². The molecule has 1 rings (SSSR count). The molecule has 0 radical (unpaired) electrons. The molecule has 0 aromatic heterocycles. The van der Waals surface area contributed by atoms with Gasteiger partial charge in [0.1, 0.15) is 0 Å². The Balaban J connectivity index is 2.17. The minimum absolute atomic E-state index is 0.771. The van der Waals surface area contributed by atoms with Crippen molar-refractivity contribution in [3.63, 3.8) is 0 Å². The predicted molar refractivity (Wildman–Crippen MR) is 58.0 cm³/mol. The first-order valence-electron chi connectivity index (χ1n) is 5.65. The van der Waals surface area contributed by atoms with Crippen LogP contribution in [0.2, 0.25) is 0 Å². The summed E-state index contributed by atoms with van der Waals surface area (Å²) in [4.78, 5) is 2.61. The highest BCUT2D eigenvalue weighted by molar-refractivity contribution is 4.76. The van der Waals surface area contributed by atoms with Crippen molar-refractivity contribution in [2.45, 2.75) is 39.2 Å². The molecule has 1 saturated heterocycles. The summed E-state index contributed by atoms with van der Waals surface area (Å²) >= 11 is 0. The predicted octanol–water partition coefficient (Wildman–Crippen LogP) is 1.72. The molecule has 1 aliphatic rings. The first-order chi connectivity index (χ1) is 6.26. The van der Waals surface area contributed by atoms with Crippen LogP contribution in [0.4, 0.5) is 0 Å². The molecule has 1 N–H and O–H groups in total. The van der Waals surface area contributed by atoms with E-state index < -0.39 is 0 Å². The molecule has 1 heterocycles. The summed E-state index contributed by atoms with van der Waals surface area (Å²) in [5.74, 6) is 0.867. The largest absolute Gasteiger partial charge is 0.317 e. The summed E-state index contributed by atoms with van der Waals surface area (Å²) in [6.07, 6.45) is 3.96. The van der Waals surface area contributed by atoms with Crippen LogP contribution in [0.5, 0.6) is 0 Å². The molecule has 13 heavy (non-hydrogen) atoms. The van der Waals surface area contributed by atoms with E-state index in [-0.39, 0.29) is 0 Å². The van der Waals surface area contributed by atoms with Crippen LogP contribution in [0.15, 0.2) is 0 Å². The molecule has 0 saturated carbocycles. The average molecular weight is 184 g/mol. The summed E-state index contributed by atoms with van der Waals surface area (Å²) in [7, 11) is 2.08. The topological polar surface area (TPSA) is 15.3 Å². The highest BCUT2D eigenvalue weighted by atomic mass is 15.1. The molecule has 0 spiro atoms. The van der Waals surface area contributed by atoms with E-state index in [1.165, 1.54) is 38.9 Å². The number of nitrogens with zero attached hydrogens (tertiary/aromatic N) is 1. The number of piperidine rings is 1. The number of likely N-dealkylation sites (tertiary alicyclic amines) is 1. The maximum absolute atomic E-state index is 3.37. The molecule has 0 amide bonds. The van der Waals surface area contributed by atoms with Crippen molar-refractivity contribution in [3.05, 3.63) is 0 Å². The summed E-state index contributed by atoms with van der Waals surface area (Å²) in [6.45, 7) is 8.51. The van der Waals surface area contributed by atoms with Crippen molar-refractivity contribution in [1.29, 1.82) is 0 Å². The Kier molecular flexibility index (Phi) is 4.74. The molecule has 0 aromatic carbocycles. The monoisotopic (exact) mass is 184 g/mol. The molecule has 0 bridgehead atoms. The summed E-state index contributed by atoms with van der Waals surface area (Å²) in [6, 6.07) is 0.771. The number of nitrogens with one attached hydrogen (secondary N) is 1. The van der Waals surface area contributed by atoms with Crippen LogP contribution in [-0.2, 0) is 0 Å². The third kappa shape index (κ3) is 3.65. The second-order valence-corrected chi connectivity index (χ2v) is 4.38. The highest BCUT2D eigenvalue weighted by Crippen LogP contribution is 2.12. The lowest BCUT2D eigenvalue weighted by molar-refractivity contribution is 0.177. The van der Waals surface area contributed by atoms with E-state index in [4.69, 9.17) is 0 Å². The van der Waals surface area contributed by atoms with Gasteiger partial charge in [0.25, 0.3) is 0 Å². The van der Waals surface area contributed by atoms with Crippen LogP contribution < -0.4 is 5.32 Å². The van der Waals surface area contributed by atoms with E-state index in [1.54, 1.807) is 0 Å². The minimum atomic E-state index is 0.771. The second-order valence-electron chi connectivity index (χ2n) is 4.38. The summed E-state index contributed by atoms with van der Waals surface area (Å²) < 4.78 is 0. The number of rotatable bonds is 4. The van der Waals surface area contributed by atoms with Gasteiger partial charge in [-0.1, -0.05) is 20.3 Å². The van der Waals surface area contributed by atoms with Crippen molar-refractivity contribution in [2.75, 3.05) is 26.7 Å². The van der Waals surface area contributed by atoms with Crippen LogP contribution >= 0.6 is 0 Å². The maximum atomic E-state index is 3.37. The Hall–Kier alpha value is -0.0800. The Morgan fingerprint density at radius 3 is 2.46 bits per heavy atom. The first kappa shape index (κ1) is 11.0. The van der Waals surface area contributed by atoms with Gasteiger partial charge in [0.2, 0.25) is 0 Å². The van der Waals surface area contributed by atoms with Crippen LogP contribution in [0.25, 0.3) is 0 Å². The van der Waals surface area contributed by atoms with E-state index in [0.29, 0.717) is 0 Å². The van der Waals surface area contributed by atoms with Crippen molar-refractivity contribution in [3.8, 4) is 0 Å². The molecule has 1 fully saturated rings. The third-order valence-corrected chi connectivity index (χ3v) is 3.26. The molecular weight excluding hydrogens is 160 g/mol. The Morgan fingerprint density at radius 1 is 1.38 bits per heavy atom. The van der Waals surface area contributed by atoms with Gasteiger partial charge in [-0.15, -0.1) is 0 Å². The van der Waals surface area contributed by atoms with Crippen LogP contribution in [0.3, 0.4) is 0 Å². The molecule has 0 aliphatic carbocycles. The Labute approximate surface area is 82.7 Å². The van der Waals surface area contributed by atoms with Gasteiger partial charge in [-0.25, -0.2) is 0 Å². The summed E-state index contributed by atoms with van der Waals surface area (Å²) in [5.41, 5.74) is 0. The Bertz CT molecular complexity index is 128. The molecule has 2 nitrogen and oxygen atoms in total. The average Bonchev–Trinajstić information content (AvgIpc) is 2.19. The fraction of sp³-hybridized carbons (Fsp3) is 1.00. The zero-order valence-electron chi connectivity index (χ0n) is 9.34. The lowest BCUT2D eigenvalue weighted by Crippen LogP contribution is -2.42. The lowest BCUT2D eigenvalue weighted by atomic mass is 10.0. The minimum Gasteiger partial charge on any atom is -0.317 e. The van der Waals surface area contributed by atoms with Gasteiger partial charge in [-0.3, -0.25) is 0 Å². The quantitative estimate of drug-likeness (QED) is 0.715. The van der Waals surface area contributed by atoms with Crippen LogP contribution in [-0.4, -0.2) is 37.6 Å². The van der Waals surface area contributed by atoms with Crippen LogP contribution in [0, 0.1) is 5.92 Å². The van der Waals surface area contributed by atoms with Gasteiger partial charge in [-0.05, 0) is 38.9 Å². The van der Waals surface area contributed by atoms with Crippen molar-refractivity contribution >= 4 is 0 Å². The van der Waals surface area contributed by atoms with Crippen molar-refractivity contribution in [1.82, 2.24) is 10.2 Å². The Morgan fingerprint density at radius 2 is 2.00 bits per heavy atom. The molecule has 1 unspecified atom stereocenters. The van der Waals surface area contributed by atoms with E-state index in [9.17, 15) is 0 Å². The SMILES string of the molecule is CCC(C)CN1CCC(NC)CC1. The standard InChI is InChI=1S/C11H24N2/c1-4-10(2)9-13-7-5-11(12-3)6-8-13/h10-12H,4-9H2,1-3H3. The zero-order chi connectivity index (χ0) is 9.68. The van der Waals surface area contributed by atoms with Crippen molar-refractivity contribution < 1.29 is 0 Å². The molecule has 78 valence electrons. The highest BCUT2D eigenvalue weighted by Gasteiger charge is 2.18. The normalized spacial score (nSPS) is 23.3. The fourth-order valence-electron chi connectivity index (χ4n) is 1.97. The molecule has 1 aliphatic heterocycles. The molecule has 0 aromatic rings. The lowest BCUT2D eigenvalue weighted by Gasteiger charge is -2.33. The van der Waals surface area contributed by atoms with Gasteiger partial charge in [0.05, 0.1) is 0 Å². The van der Waals surface area contributed by atoms with Gasteiger partial charge < -0.3 is 10.2 Å². The molecular formula is C11H24N2. The fourth-order valence-corrected chi connectivity index (χ4v) is 1.97. The van der Waals surface area contributed by atoms with Gasteiger partial charge in [0.15, 0.2) is 0 Å². The third-order valence-electron chi connectivity index (χ3n) is 3.26. The second kappa shape index (κ2) is 5.61. The van der Waals surface area contributed by atoms with E-state index in [1.807, 2.05) is 0 Å². The first-order valence-corrected chi connectivity index (χ1v) is 5.65. The van der Waals surface area contributed by atoms with Gasteiger partial charge >= 0.3 is 0 Å². The van der Waals surface area contributed by atoms with E-state index >= 15 is 0 Å². The van der Waals surface area contributed by atoms with Gasteiger partial charge in [-0.2, -0.15) is 0 Å². The number of hydrogen-bond acceptors (Lipinski definition) is 2. The zero-order valence-corrected chi connectivity index (χ0v) is 9.34.